The van der Waals surface area contributed by atoms with Crippen molar-refractivity contribution in [1.82, 2.24) is 24.5 Å². The molecule has 0 aliphatic carbocycles. The van der Waals surface area contributed by atoms with Gasteiger partial charge in [0, 0.05) is 18.6 Å². The first-order chi connectivity index (χ1) is 13.5. The molecule has 0 aliphatic heterocycles. The van der Waals surface area contributed by atoms with Gasteiger partial charge in [0.15, 0.2) is 15.9 Å². The number of imidazole rings is 1. The predicted octanol–water partition coefficient (Wildman–Crippen LogP) is 3.78. The number of rotatable bonds is 8. The van der Waals surface area contributed by atoms with Crippen LogP contribution in [-0.2, 0) is 18.2 Å². The van der Waals surface area contributed by atoms with E-state index in [1.165, 1.54) is 23.1 Å². The monoisotopic (exact) mass is 432 g/mol. The van der Waals surface area contributed by atoms with Gasteiger partial charge in [0.1, 0.15) is 33.9 Å². The molecule has 3 aromatic rings. The molecule has 0 bridgehead atoms. The van der Waals surface area contributed by atoms with Crippen molar-refractivity contribution in [2.45, 2.75) is 31.7 Å². The second-order valence-electron chi connectivity index (χ2n) is 6.03. The smallest absolute Gasteiger partial charge is 0.190 e. The molecule has 0 spiro atoms. The topological polar surface area (TPSA) is 103 Å². The zero-order valence-corrected chi connectivity index (χ0v) is 18.3. The average Bonchev–Trinajstić information content (AvgIpc) is 3.35. The third-order valence-corrected chi connectivity index (χ3v) is 7.73. The van der Waals surface area contributed by atoms with Crippen LogP contribution in [0.5, 0.6) is 0 Å². The van der Waals surface area contributed by atoms with Gasteiger partial charge < -0.3 is 9.12 Å². The normalized spacial score (nSPS) is 12.1. The lowest BCUT2D eigenvalue weighted by Gasteiger charge is -2.13. The van der Waals surface area contributed by atoms with E-state index in [0.29, 0.717) is 38.0 Å². The van der Waals surface area contributed by atoms with Crippen molar-refractivity contribution in [3.8, 4) is 28.3 Å². The van der Waals surface area contributed by atoms with E-state index in [0.717, 1.165) is 24.4 Å². The molecule has 0 fully saturated rings. The summed E-state index contributed by atoms with van der Waals surface area (Å²) in [6, 6.07) is 2.24. The van der Waals surface area contributed by atoms with E-state index in [1.54, 1.807) is 12.4 Å². The van der Waals surface area contributed by atoms with Crippen molar-refractivity contribution in [3.63, 3.8) is 0 Å². The van der Waals surface area contributed by atoms with Crippen molar-refractivity contribution >= 4 is 34.3 Å². The minimum atomic E-state index is -0.963. The molecule has 0 saturated heterocycles. The number of aromatic nitrogens is 5. The maximum Gasteiger partial charge on any atom is 0.190 e. The Labute approximate surface area is 175 Å². The highest BCUT2D eigenvalue weighted by Gasteiger charge is 2.22. The Morgan fingerprint density at radius 3 is 2.79 bits per heavy atom. The zero-order chi connectivity index (χ0) is 20.1. The highest BCUT2D eigenvalue weighted by molar-refractivity contribution is 8.12. The molecule has 3 rings (SSSR count). The number of thioether (sulfide) groups is 1. The Kier molecular flexibility index (Phi) is 7.07. The Morgan fingerprint density at radius 1 is 1.36 bits per heavy atom. The molecular formula is C18H20N6OS3. The summed E-state index contributed by atoms with van der Waals surface area (Å²) >= 11 is 1.81. The van der Waals surface area contributed by atoms with Crippen LogP contribution in [0.1, 0.15) is 31.2 Å². The molecule has 0 radical (unpaired) electrons. The van der Waals surface area contributed by atoms with Gasteiger partial charge in [0.05, 0.1) is 11.9 Å². The van der Waals surface area contributed by atoms with Crippen molar-refractivity contribution in [3.05, 3.63) is 29.2 Å². The van der Waals surface area contributed by atoms with Crippen molar-refractivity contribution < 1.29 is 4.55 Å². The fraction of sp³-hybridized carbons (Fsp3) is 0.389. The Morgan fingerprint density at radius 2 is 2.18 bits per heavy atom. The summed E-state index contributed by atoms with van der Waals surface area (Å²) in [6.07, 6.45) is 5.33. The SMILES string of the molecule is CCCC[S+]([O-])CSc1nc(-c2nccs2)nc(-c2cnc(C)n2C)c1C#N. The summed E-state index contributed by atoms with van der Waals surface area (Å²) in [6.45, 7) is 3.97. The van der Waals surface area contributed by atoms with Crippen molar-refractivity contribution in [1.29, 1.82) is 5.26 Å². The highest BCUT2D eigenvalue weighted by atomic mass is 32.3. The Balaban J connectivity index is 2.05. The lowest BCUT2D eigenvalue weighted by molar-refractivity contribution is 0.596. The molecule has 0 N–H and O–H groups in total. The van der Waals surface area contributed by atoms with Crippen LogP contribution < -0.4 is 0 Å². The van der Waals surface area contributed by atoms with Crippen molar-refractivity contribution in [2.24, 2.45) is 7.05 Å². The first-order valence-corrected chi connectivity index (χ1v) is 12.1. The molecule has 1 unspecified atom stereocenters. The summed E-state index contributed by atoms with van der Waals surface area (Å²) in [7, 11) is 1.89. The number of aryl methyl sites for hydroxylation is 1. The van der Waals surface area contributed by atoms with E-state index >= 15 is 0 Å². The van der Waals surface area contributed by atoms with Crippen LogP contribution >= 0.6 is 23.1 Å². The van der Waals surface area contributed by atoms with Crippen LogP contribution in [0.25, 0.3) is 22.2 Å². The van der Waals surface area contributed by atoms with Gasteiger partial charge in [-0.15, -0.1) is 11.3 Å². The summed E-state index contributed by atoms with van der Waals surface area (Å²) in [4.78, 5) is 17.8. The van der Waals surface area contributed by atoms with Crippen LogP contribution in [0.2, 0.25) is 0 Å². The van der Waals surface area contributed by atoms with Crippen LogP contribution in [0.15, 0.2) is 22.8 Å². The van der Waals surface area contributed by atoms with Crippen LogP contribution in [0, 0.1) is 18.3 Å². The number of hydrogen-bond acceptors (Lipinski definition) is 8. The van der Waals surface area contributed by atoms with Gasteiger partial charge in [0.2, 0.25) is 0 Å². The van der Waals surface area contributed by atoms with Gasteiger partial charge in [-0.25, -0.2) is 19.9 Å². The van der Waals surface area contributed by atoms with E-state index in [2.05, 4.69) is 32.9 Å². The molecule has 3 aromatic heterocycles. The lowest BCUT2D eigenvalue weighted by atomic mass is 10.2. The summed E-state index contributed by atoms with van der Waals surface area (Å²) in [5.74, 6) is 1.94. The minimum Gasteiger partial charge on any atom is -0.616 e. The first kappa shape index (κ1) is 20.8. The maximum absolute atomic E-state index is 12.2. The minimum absolute atomic E-state index is 0.376. The largest absolute Gasteiger partial charge is 0.616 e. The Bertz CT molecular complexity index is 980. The summed E-state index contributed by atoms with van der Waals surface area (Å²) in [5.41, 5.74) is 1.64. The number of hydrogen-bond donors (Lipinski definition) is 0. The van der Waals surface area contributed by atoms with Gasteiger partial charge in [-0.1, -0.05) is 25.1 Å². The zero-order valence-electron chi connectivity index (χ0n) is 15.9. The number of nitriles is 1. The van der Waals surface area contributed by atoms with Crippen molar-refractivity contribution in [2.75, 3.05) is 10.8 Å². The molecular weight excluding hydrogens is 412 g/mol. The average molecular weight is 433 g/mol. The fourth-order valence-corrected chi connectivity index (χ4v) is 5.53. The quantitative estimate of drug-likeness (QED) is 0.303. The summed E-state index contributed by atoms with van der Waals surface area (Å²) in [5, 5.41) is 13.3. The third-order valence-electron chi connectivity index (χ3n) is 4.13. The number of nitrogens with zero attached hydrogens (tertiary/aromatic N) is 6. The van der Waals surface area contributed by atoms with Gasteiger partial charge in [-0.05, 0) is 24.5 Å². The number of thiazole rings is 1. The van der Waals surface area contributed by atoms with E-state index in [-0.39, 0.29) is 0 Å². The first-order valence-electron chi connectivity index (χ1n) is 8.73. The standard InChI is InChI=1S/C18H20N6OS3/c1-4-5-8-28(25)11-27-17-13(9-19)15(14-10-21-12(2)24(14)3)22-16(23-17)18-20-6-7-26-18/h6-7,10H,4-5,8,11H2,1-3H3. The highest BCUT2D eigenvalue weighted by Crippen LogP contribution is 2.32. The second kappa shape index (κ2) is 9.52. The van der Waals surface area contributed by atoms with Crippen LogP contribution in [-0.4, -0.2) is 39.9 Å². The molecule has 0 aromatic carbocycles. The third kappa shape index (κ3) is 4.55. The van der Waals surface area contributed by atoms with Gasteiger partial charge in [-0.2, -0.15) is 5.26 Å². The van der Waals surface area contributed by atoms with Crippen LogP contribution in [0.4, 0.5) is 0 Å². The molecule has 1 atom stereocenters. The molecule has 0 saturated carbocycles. The summed E-state index contributed by atoms with van der Waals surface area (Å²) < 4.78 is 14.1. The predicted molar refractivity (Wildman–Crippen MR) is 113 cm³/mol. The van der Waals surface area contributed by atoms with Gasteiger partial charge >= 0.3 is 0 Å². The molecule has 10 heteroatoms. The molecule has 28 heavy (non-hydrogen) atoms. The van der Waals surface area contributed by atoms with Crippen LogP contribution in [0.3, 0.4) is 0 Å². The molecule has 3 heterocycles. The number of unbranched alkanes of at least 4 members (excludes halogenated alkanes) is 1. The molecule has 0 amide bonds. The van der Waals surface area contributed by atoms with Gasteiger partial charge in [-0.3, -0.25) is 0 Å². The van der Waals surface area contributed by atoms with E-state index in [1.807, 2.05) is 23.9 Å². The van der Waals surface area contributed by atoms with Gasteiger partial charge in [0.25, 0.3) is 0 Å². The lowest BCUT2D eigenvalue weighted by Crippen LogP contribution is -2.10. The fourth-order valence-electron chi connectivity index (χ4n) is 2.47. The van der Waals surface area contributed by atoms with E-state index < -0.39 is 11.2 Å². The Hall–Kier alpha value is -1.93. The molecule has 146 valence electrons. The molecule has 0 aliphatic rings. The van der Waals surface area contributed by atoms with E-state index in [4.69, 9.17) is 0 Å². The maximum atomic E-state index is 12.2. The van der Waals surface area contributed by atoms with E-state index in [9.17, 15) is 9.81 Å². The second-order valence-corrected chi connectivity index (χ2v) is 9.84. The molecule has 7 nitrogen and oxygen atoms in total.